The van der Waals surface area contributed by atoms with Gasteiger partial charge in [0, 0.05) is 0 Å². The van der Waals surface area contributed by atoms with Crippen LogP contribution in [0.4, 0.5) is 0 Å². The first-order chi connectivity index (χ1) is 14.2. The fraction of sp³-hybridized carbons (Fsp3) is 1.00. The molecule has 6 rings (SSSR count). The molecule has 6 saturated carbocycles. The summed E-state index contributed by atoms with van der Waals surface area (Å²) in [7, 11) is 0. The van der Waals surface area contributed by atoms with Crippen LogP contribution in [0.1, 0.15) is 113 Å². The van der Waals surface area contributed by atoms with Crippen molar-refractivity contribution in [2.45, 2.75) is 113 Å². The Morgan fingerprint density at radius 3 is 0.862 bits per heavy atom. The summed E-state index contributed by atoms with van der Waals surface area (Å²) in [6.07, 6.45) is 14.5. The normalized spacial score (nSPS) is 53.0. The molecule has 0 aromatic heterocycles. The Bertz CT molecular complexity index is 446. The summed E-state index contributed by atoms with van der Waals surface area (Å²) >= 11 is 0. The standard InChI is InChI=1S/C23H36.3C2H6/c1-12-14-3-5-16(9-14)20(12)22-18-7-8-19(11-18)23(22)21-13(2)15-4-6-17(21)10-15;3*1-2/h12-23H,3-11H2,1-2H3;3*1-2H3. The quantitative estimate of drug-likeness (QED) is 0.432. The molecule has 6 fully saturated rings. The maximum atomic E-state index is 2.67. The average Bonchev–Trinajstić information content (AvgIpc) is 3.60. The maximum Gasteiger partial charge on any atom is -0.0318 e. The zero-order valence-corrected chi connectivity index (χ0v) is 21.3. The van der Waals surface area contributed by atoms with E-state index >= 15 is 0 Å². The third-order valence-corrected chi connectivity index (χ3v) is 10.8. The van der Waals surface area contributed by atoms with Gasteiger partial charge in [-0.2, -0.15) is 0 Å². The molecule has 6 aliphatic rings. The van der Waals surface area contributed by atoms with Crippen molar-refractivity contribution in [1.82, 2.24) is 0 Å². The Labute approximate surface area is 184 Å². The largest absolute Gasteiger partial charge is 0.0683 e. The Kier molecular flexibility index (Phi) is 8.22. The molecule has 12 atom stereocenters. The van der Waals surface area contributed by atoms with E-state index in [1.807, 2.05) is 41.5 Å². The third kappa shape index (κ3) is 3.75. The first-order valence-corrected chi connectivity index (χ1v) is 14.2. The van der Waals surface area contributed by atoms with Crippen LogP contribution in [0.3, 0.4) is 0 Å². The Hall–Kier alpha value is 0. The van der Waals surface area contributed by atoms with Crippen LogP contribution in [0.15, 0.2) is 0 Å². The second kappa shape index (κ2) is 10.1. The zero-order valence-electron chi connectivity index (χ0n) is 21.3. The fourth-order valence-corrected chi connectivity index (χ4v) is 10.1. The molecular weight excluding hydrogens is 348 g/mol. The lowest BCUT2D eigenvalue weighted by atomic mass is 9.58. The van der Waals surface area contributed by atoms with Gasteiger partial charge in [0.05, 0.1) is 0 Å². The SMILES string of the molecule is CC.CC.CC.CC1C2CCC(C2)C1C1C2CCC(C2)C1C1C2CCC(C2)C1C. The monoisotopic (exact) mass is 402 g/mol. The predicted molar refractivity (Wildman–Crippen MR) is 129 cm³/mol. The second-order valence-corrected chi connectivity index (χ2v) is 11.0. The van der Waals surface area contributed by atoms with E-state index in [0.717, 1.165) is 59.2 Å². The number of rotatable bonds is 2. The minimum Gasteiger partial charge on any atom is -0.0683 e. The van der Waals surface area contributed by atoms with E-state index in [-0.39, 0.29) is 0 Å². The Balaban J connectivity index is 0.000000370. The van der Waals surface area contributed by atoms with Gasteiger partial charge in [0.25, 0.3) is 0 Å². The topological polar surface area (TPSA) is 0 Å². The number of hydrogen-bond acceptors (Lipinski definition) is 0. The molecule has 0 aromatic carbocycles. The van der Waals surface area contributed by atoms with Gasteiger partial charge in [0.15, 0.2) is 0 Å². The molecule has 0 heteroatoms. The molecule has 0 aliphatic heterocycles. The molecule has 12 unspecified atom stereocenters. The fourth-order valence-electron chi connectivity index (χ4n) is 10.1. The smallest absolute Gasteiger partial charge is 0.0318 e. The molecule has 0 saturated heterocycles. The van der Waals surface area contributed by atoms with Crippen molar-refractivity contribution in [3.05, 3.63) is 0 Å². The van der Waals surface area contributed by atoms with E-state index in [0.29, 0.717) is 0 Å². The Morgan fingerprint density at radius 2 is 0.586 bits per heavy atom. The highest BCUT2D eigenvalue weighted by atomic mass is 14.7. The summed E-state index contributed by atoms with van der Waals surface area (Å²) in [6, 6.07) is 0. The molecule has 0 aromatic rings. The Morgan fingerprint density at radius 1 is 0.345 bits per heavy atom. The van der Waals surface area contributed by atoms with Gasteiger partial charge in [-0.15, -0.1) is 0 Å². The molecule has 0 nitrogen and oxygen atoms in total. The van der Waals surface area contributed by atoms with Crippen molar-refractivity contribution in [3.8, 4) is 0 Å². The summed E-state index contributed by atoms with van der Waals surface area (Å²) in [6.45, 7) is 17.3. The molecular formula is C29H54. The lowest BCUT2D eigenvalue weighted by Crippen LogP contribution is -2.42. The second-order valence-electron chi connectivity index (χ2n) is 11.0. The predicted octanol–water partition coefficient (Wildman–Crippen LogP) is 9.09. The van der Waals surface area contributed by atoms with Crippen LogP contribution in [0.2, 0.25) is 0 Å². The van der Waals surface area contributed by atoms with Crippen molar-refractivity contribution in [1.29, 1.82) is 0 Å². The lowest BCUT2D eigenvalue weighted by Gasteiger charge is -2.47. The molecule has 0 N–H and O–H groups in total. The molecule has 0 radical (unpaired) electrons. The first kappa shape index (κ1) is 23.7. The molecule has 6 bridgehead atoms. The summed E-state index contributed by atoms with van der Waals surface area (Å²) in [4.78, 5) is 0. The van der Waals surface area contributed by atoms with Crippen LogP contribution >= 0.6 is 0 Å². The minimum absolute atomic E-state index is 1.08. The van der Waals surface area contributed by atoms with Gasteiger partial charge in [-0.3, -0.25) is 0 Å². The van der Waals surface area contributed by atoms with Crippen LogP contribution in [-0.2, 0) is 0 Å². The molecule has 170 valence electrons. The van der Waals surface area contributed by atoms with Crippen LogP contribution in [0, 0.1) is 71.0 Å². The van der Waals surface area contributed by atoms with Gasteiger partial charge in [0.2, 0.25) is 0 Å². The third-order valence-electron chi connectivity index (χ3n) is 10.8. The lowest BCUT2D eigenvalue weighted by molar-refractivity contribution is 0.00707. The van der Waals surface area contributed by atoms with E-state index in [1.165, 1.54) is 11.8 Å². The average molecular weight is 403 g/mol. The zero-order chi connectivity index (χ0) is 21.3. The van der Waals surface area contributed by atoms with Crippen LogP contribution in [0.25, 0.3) is 0 Å². The summed E-state index contributed by atoms with van der Waals surface area (Å²) < 4.78 is 0. The van der Waals surface area contributed by atoms with Crippen molar-refractivity contribution >= 4 is 0 Å². The molecule has 6 aliphatic carbocycles. The van der Waals surface area contributed by atoms with E-state index in [2.05, 4.69) is 13.8 Å². The van der Waals surface area contributed by atoms with Gasteiger partial charge in [0.1, 0.15) is 0 Å². The number of hydrogen-bond donors (Lipinski definition) is 0. The van der Waals surface area contributed by atoms with Gasteiger partial charge >= 0.3 is 0 Å². The van der Waals surface area contributed by atoms with Gasteiger partial charge in [-0.25, -0.2) is 0 Å². The number of fused-ring (bicyclic) bond motifs is 6. The first-order valence-electron chi connectivity index (χ1n) is 14.2. The van der Waals surface area contributed by atoms with E-state index < -0.39 is 0 Å². The highest BCUT2D eigenvalue weighted by molar-refractivity contribution is 5.10. The van der Waals surface area contributed by atoms with E-state index in [1.54, 1.807) is 57.8 Å². The summed E-state index contributed by atoms with van der Waals surface area (Å²) in [5, 5.41) is 0. The minimum atomic E-state index is 1.08. The van der Waals surface area contributed by atoms with Crippen molar-refractivity contribution < 1.29 is 0 Å². The molecule has 29 heavy (non-hydrogen) atoms. The van der Waals surface area contributed by atoms with Crippen LogP contribution in [-0.4, -0.2) is 0 Å². The van der Waals surface area contributed by atoms with Crippen LogP contribution in [0.5, 0.6) is 0 Å². The van der Waals surface area contributed by atoms with E-state index in [4.69, 9.17) is 0 Å². The maximum absolute atomic E-state index is 2.67. The summed E-state index contributed by atoms with van der Waals surface area (Å²) in [5.74, 6) is 13.7. The van der Waals surface area contributed by atoms with Crippen molar-refractivity contribution in [2.75, 3.05) is 0 Å². The molecule has 0 amide bonds. The molecule has 0 heterocycles. The molecule has 0 spiro atoms. The van der Waals surface area contributed by atoms with Gasteiger partial charge in [-0.05, 0) is 129 Å². The summed E-state index contributed by atoms with van der Waals surface area (Å²) in [5.41, 5.74) is 0. The van der Waals surface area contributed by atoms with Gasteiger partial charge < -0.3 is 0 Å². The highest BCUT2D eigenvalue weighted by Gasteiger charge is 2.61. The van der Waals surface area contributed by atoms with Crippen molar-refractivity contribution in [2.24, 2.45) is 71.0 Å². The van der Waals surface area contributed by atoms with Gasteiger partial charge in [-0.1, -0.05) is 55.4 Å². The van der Waals surface area contributed by atoms with E-state index in [9.17, 15) is 0 Å². The van der Waals surface area contributed by atoms with Crippen LogP contribution < -0.4 is 0 Å². The van der Waals surface area contributed by atoms with Crippen molar-refractivity contribution in [3.63, 3.8) is 0 Å². The highest BCUT2D eigenvalue weighted by Crippen LogP contribution is 2.69.